The van der Waals surface area contributed by atoms with Crippen molar-refractivity contribution < 1.29 is 26.3 Å². The van der Waals surface area contributed by atoms with Gasteiger partial charge in [-0.25, -0.2) is 8.42 Å². The minimum atomic E-state index is -5.25. The molecule has 2 aliphatic rings. The van der Waals surface area contributed by atoms with E-state index in [-0.39, 0.29) is 19.1 Å². The van der Waals surface area contributed by atoms with Crippen LogP contribution in [0.4, 0.5) is 13.2 Å². The van der Waals surface area contributed by atoms with E-state index in [1.165, 1.54) is 0 Å². The summed E-state index contributed by atoms with van der Waals surface area (Å²) in [4.78, 5) is 6.95. The van der Waals surface area contributed by atoms with E-state index in [4.69, 9.17) is 4.74 Å². The number of halogens is 3. The second-order valence-corrected chi connectivity index (χ2v) is 9.44. The Kier molecular flexibility index (Phi) is 8.98. The van der Waals surface area contributed by atoms with Crippen LogP contribution in [0.1, 0.15) is 26.7 Å². The Hall–Kier alpha value is -1.11. The highest BCUT2D eigenvalue weighted by molar-refractivity contribution is 7.90. The first-order chi connectivity index (χ1) is 13.6. The van der Waals surface area contributed by atoms with Crippen molar-refractivity contribution in [3.8, 4) is 0 Å². The summed E-state index contributed by atoms with van der Waals surface area (Å²) in [6, 6.07) is -0.123. The number of rotatable bonds is 7. The van der Waals surface area contributed by atoms with Crippen molar-refractivity contribution in [3.63, 3.8) is 0 Å². The number of hydrogen-bond donors (Lipinski definition) is 2. The van der Waals surface area contributed by atoms with Crippen LogP contribution in [-0.4, -0.2) is 94.2 Å². The Bertz CT molecular complexity index is 631. The number of aliphatic imine (C=N–C) groups is 1. The van der Waals surface area contributed by atoms with Gasteiger partial charge in [0.25, 0.3) is 0 Å². The van der Waals surface area contributed by atoms with E-state index in [1.54, 1.807) is 0 Å². The Morgan fingerprint density at radius 3 is 2.38 bits per heavy atom. The second kappa shape index (κ2) is 10.8. The Labute approximate surface area is 170 Å². The van der Waals surface area contributed by atoms with Gasteiger partial charge in [-0.1, -0.05) is 6.92 Å². The molecule has 0 aromatic heterocycles. The van der Waals surface area contributed by atoms with Gasteiger partial charge in [0.2, 0.25) is 0 Å². The second-order valence-electron chi connectivity index (χ2n) is 7.51. The minimum absolute atomic E-state index is 0.123. The lowest BCUT2D eigenvalue weighted by molar-refractivity contribution is -0.0494. The summed E-state index contributed by atoms with van der Waals surface area (Å²) in [5.41, 5.74) is -5.25. The van der Waals surface area contributed by atoms with E-state index in [0.29, 0.717) is 42.1 Å². The van der Waals surface area contributed by atoms with Crippen molar-refractivity contribution in [2.75, 3.05) is 59.0 Å². The molecule has 2 N–H and O–H groups in total. The van der Waals surface area contributed by atoms with Crippen LogP contribution >= 0.6 is 0 Å². The topological polar surface area (TPSA) is 86.3 Å². The lowest BCUT2D eigenvalue weighted by Crippen LogP contribution is -2.51. The largest absolute Gasteiger partial charge is 0.511 e. The average molecular weight is 444 g/mol. The van der Waals surface area contributed by atoms with Gasteiger partial charge in [0.05, 0.1) is 13.2 Å². The number of nitrogens with zero attached hydrogens (tertiary/aromatic N) is 3. The Morgan fingerprint density at radius 1 is 1.21 bits per heavy atom. The zero-order valence-corrected chi connectivity index (χ0v) is 17.9. The first-order valence-corrected chi connectivity index (χ1v) is 11.5. The fourth-order valence-electron chi connectivity index (χ4n) is 3.43. The molecule has 0 aromatic rings. The molecule has 0 amide bonds. The van der Waals surface area contributed by atoms with Crippen LogP contribution in [0.3, 0.4) is 0 Å². The van der Waals surface area contributed by atoms with Crippen LogP contribution in [0.15, 0.2) is 4.99 Å². The van der Waals surface area contributed by atoms with Gasteiger partial charge < -0.3 is 15.4 Å². The van der Waals surface area contributed by atoms with Crippen molar-refractivity contribution in [3.05, 3.63) is 0 Å². The van der Waals surface area contributed by atoms with Crippen LogP contribution in [-0.2, 0) is 14.8 Å². The summed E-state index contributed by atoms with van der Waals surface area (Å²) in [6.07, 6.45) is 0.589. The molecule has 2 saturated heterocycles. The summed E-state index contributed by atoms with van der Waals surface area (Å²) in [6.45, 7) is 9.30. The van der Waals surface area contributed by atoms with E-state index in [0.717, 1.165) is 32.8 Å². The number of piperidine rings is 1. The maximum Gasteiger partial charge on any atom is 0.511 e. The highest BCUT2D eigenvalue weighted by Crippen LogP contribution is 2.28. The summed E-state index contributed by atoms with van der Waals surface area (Å²) in [5.74, 6) is 0.959. The lowest BCUT2D eigenvalue weighted by atomic mass is 10.1. The molecule has 170 valence electrons. The maximum absolute atomic E-state index is 12.7. The van der Waals surface area contributed by atoms with Crippen molar-refractivity contribution in [1.29, 1.82) is 0 Å². The summed E-state index contributed by atoms with van der Waals surface area (Å²) in [5, 5.41) is 6.38. The Balaban J connectivity index is 1.83. The van der Waals surface area contributed by atoms with E-state index in [2.05, 4.69) is 27.4 Å². The van der Waals surface area contributed by atoms with Crippen molar-refractivity contribution in [2.24, 2.45) is 10.9 Å². The van der Waals surface area contributed by atoms with Crippen molar-refractivity contribution in [2.45, 2.75) is 38.2 Å². The number of guanidine groups is 1. The van der Waals surface area contributed by atoms with Gasteiger partial charge in [0.1, 0.15) is 0 Å². The molecular weight excluding hydrogens is 411 g/mol. The van der Waals surface area contributed by atoms with Gasteiger partial charge in [-0.3, -0.25) is 9.89 Å². The molecule has 2 rings (SSSR count). The number of sulfonamides is 1. The minimum Gasteiger partial charge on any atom is -0.379 e. The van der Waals surface area contributed by atoms with E-state index in [1.807, 2.05) is 6.92 Å². The smallest absolute Gasteiger partial charge is 0.379 e. The van der Waals surface area contributed by atoms with Gasteiger partial charge >= 0.3 is 15.5 Å². The molecule has 12 heteroatoms. The number of nitrogens with one attached hydrogen (secondary N) is 2. The van der Waals surface area contributed by atoms with E-state index >= 15 is 0 Å². The van der Waals surface area contributed by atoms with Crippen LogP contribution in [0.2, 0.25) is 0 Å². The molecule has 2 aliphatic heterocycles. The van der Waals surface area contributed by atoms with Crippen LogP contribution < -0.4 is 10.6 Å². The number of hydrogen-bond acceptors (Lipinski definition) is 5. The zero-order valence-electron chi connectivity index (χ0n) is 17.0. The SMILES string of the molecule is CCNC(=NCC(C)CN1CCOCC1)NC1CCN(S(=O)(=O)C(F)(F)F)CC1. The van der Waals surface area contributed by atoms with Gasteiger partial charge in [0.15, 0.2) is 5.96 Å². The van der Waals surface area contributed by atoms with Crippen LogP contribution in [0.25, 0.3) is 0 Å². The average Bonchev–Trinajstić information content (AvgIpc) is 2.66. The predicted molar refractivity (Wildman–Crippen MR) is 105 cm³/mol. The van der Waals surface area contributed by atoms with E-state index < -0.39 is 15.5 Å². The molecule has 8 nitrogen and oxygen atoms in total. The van der Waals surface area contributed by atoms with Crippen molar-refractivity contribution in [1.82, 2.24) is 19.8 Å². The predicted octanol–water partition coefficient (Wildman–Crippen LogP) is 0.824. The molecular formula is C17H32F3N5O3S. The maximum atomic E-state index is 12.7. The van der Waals surface area contributed by atoms with Gasteiger partial charge in [-0.15, -0.1) is 0 Å². The van der Waals surface area contributed by atoms with Gasteiger partial charge in [0, 0.05) is 51.9 Å². The molecule has 0 aromatic carbocycles. The molecule has 0 aliphatic carbocycles. The van der Waals surface area contributed by atoms with Crippen LogP contribution in [0, 0.1) is 5.92 Å². The lowest BCUT2D eigenvalue weighted by Gasteiger charge is -2.32. The first-order valence-electron chi connectivity index (χ1n) is 10.0. The molecule has 0 spiro atoms. The third-order valence-corrected chi connectivity index (χ3v) is 6.64. The van der Waals surface area contributed by atoms with Crippen molar-refractivity contribution >= 4 is 16.0 Å². The third-order valence-electron chi connectivity index (χ3n) is 5.01. The molecule has 2 heterocycles. The molecule has 29 heavy (non-hydrogen) atoms. The number of alkyl halides is 3. The summed E-state index contributed by atoms with van der Waals surface area (Å²) in [7, 11) is -5.25. The normalized spacial score (nSPS) is 22.4. The monoisotopic (exact) mass is 443 g/mol. The van der Waals surface area contributed by atoms with E-state index in [9.17, 15) is 21.6 Å². The Morgan fingerprint density at radius 2 is 1.83 bits per heavy atom. The summed E-state index contributed by atoms with van der Waals surface area (Å²) >= 11 is 0. The molecule has 1 atom stereocenters. The number of ether oxygens (including phenoxy) is 1. The van der Waals surface area contributed by atoms with Gasteiger partial charge in [-0.2, -0.15) is 17.5 Å². The zero-order chi connectivity index (χ0) is 21.5. The van der Waals surface area contributed by atoms with Gasteiger partial charge in [-0.05, 0) is 25.7 Å². The highest BCUT2D eigenvalue weighted by Gasteiger charge is 2.50. The van der Waals surface area contributed by atoms with Crippen LogP contribution in [0.5, 0.6) is 0 Å². The standard InChI is InChI=1S/C17H32F3N5O3S/c1-3-21-16(22-12-14(2)13-24-8-10-28-11-9-24)23-15-4-6-25(7-5-15)29(26,27)17(18,19)20/h14-15H,3-13H2,1-2H3,(H2,21,22,23). The molecule has 0 saturated carbocycles. The fourth-order valence-corrected chi connectivity index (χ4v) is 4.41. The first kappa shape index (κ1) is 24.2. The molecule has 0 bridgehead atoms. The summed E-state index contributed by atoms with van der Waals surface area (Å²) < 4.78 is 66.9. The third kappa shape index (κ3) is 7.26. The fraction of sp³-hybridized carbons (Fsp3) is 0.941. The molecule has 0 radical (unpaired) electrons. The number of morpholine rings is 1. The molecule has 2 fully saturated rings. The molecule has 1 unspecified atom stereocenters. The highest BCUT2D eigenvalue weighted by atomic mass is 32.2. The quantitative estimate of drug-likeness (QED) is 0.448.